The van der Waals surface area contributed by atoms with Crippen molar-refractivity contribution in [3.05, 3.63) is 59.7 Å². The fraction of sp³-hybridized carbons (Fsp3) is 0.294. The molecular weight excluding hydrogens is 298 g/mol. The number of methoxy groups -OCH3 is 1. The summed E-state index contributed by atoms with van der Waals surface area (Å²) in [7, 11) is -1.90. The van der Waals surface area contributed by atoms with Gasteiger partial charge in [-0.3, -0.25) is 0 Å². The standard InChI is InChI=1S/C17H21NO3S/c1-13(2)15-6-10-17(11-7-15)22(19,20)18-12-14-4-8-16(21-3)9-5-14/h4-11,13,18H,12H2,1-3H3. The van der Waals surface area contributed by atoms with Crippen LogP contribution in [0.25, 0.3) is 0 Å². The maximum Gasteiger partial charge on any atom is 0.240 e. The molecule has 0 aliphatic heterocycles. The molecule has 0 heterocycles. The number of sulfonamides is 1. The molecule has 0 fully saturated rings. The van der Waals surface area contributed by atoms with Gasteiger partial charge in [0.25, 0.3) is 0 Å². The normalized spacial score (nSPS) is 11.6. The zero-order valence-corrected chi connectivity index (χ0v) is 13.9. The predicted molar refractivity (Wildman–Crippen MR) is 87.6 cm³/mol. The predicted octanol–water partition coefficient (Wildman–Crippen LogP) is 3.30. The van der Waals surface area contributed by atoms with E-state index in [0.29, 0.717) is 5.92 Å². The Morgan fingerprint density at radius 1 is 1.00 bits per heavy atom. The fourth-order valence-corrected chi connectivity index (χ4v) is 3.05. The van der Waals surface area contributed by atoms with Gasteiger partial charge in [-0.15, -0.1) is 0 Å². The molecule has 0 aliphatic carbocycles. The van der Waals surface area contributed by atoms with E-state index in [0.717, 1.165) is 16.9 Å². The molecular formula is C17H21NO3S. The van der Waals surface area contributed by atoms with Gasteiger partial charge in [-0.1, -0.05) is 38.1 Å². The summed E-state index contributed by atoms with van der Waals surface area (Å²) < 4.78 is 32.2. The highest BCUT2D eigenvalue weighted by molar-refractivity contribution is 7.89. The quantitative estimate of drug-likeness (QED) is 0.889. The third kappa shape index (κ3) is 4.08. The largest absolute Gasteiger partial charge is 0.497 e. The molecule has 0 saturated heterocycles. The van der Waals surface area contributed by atoms with Crippen molar-refractivity contribution in [2.24, 2.45) is 0 Å². The van der Waals surface area contributed by atoms with E-state index in [2.05, 4.69) is 18.6 Å². The van der Waals surface area contributed by atoms with Crippen LogP contribution in [0.4, 0.5) is 0 Å². The summed E-state index contributed by atoms with van der Waals surface area (Å²) in [4.78, 5) is 0.283. The van der Waals surface area contributed by atoms with Crippen molar-refractivity contribution in [2.75, 3.05) is 7.11 Å². The third-order valence-electron chi connectivity index (χ3n) is 3.48. The maximum absolute atomic E-state index is 12.3. The smallest absolute Gasteiger partial charge is 0.240 e. The summed E-state index contributed by atoms with van der Waals surface area (Å²) in [5.74, 6) is 1.12. The summed E-state index contributed by atoms with van der Waals surface area (Å²) in [6, 6.07) is 14.3. The van der Waals surface area contributed by atoms with Gasteiger partial charge in [-0.25, -0.2) is 13.1 Å². The van der Waals surface area contributed by atoms with E-state index in [-0.39, 0.29) is 11.4 Å². The van der Waals surface area contributed by atoms with Gasteiger partial charge in [-0.05, 0) is 41.3 Å². The first kappa shape index (κ1) is 16.5. The van der Waals surface area contributed by atoms with Crippen LogP contribution in [-0.2, 0) is 16.6 Å². The number of hydrogen-bond donors (Lipinski definition) is 1. The topological polar surface area (TPSA) is 55.4 Å². The van der Waals surface area contributed by atoms with Crippen LogP contribution in [0.2, 0.25) is 0 Å². The summed E-state index contributed by atoms with van der Waals surface area (Å²) in [6.07, 6.45) is 0. The van der Waals surface area contributed by atoms with Crippen LogP contribution in [-0.4, -0.2) is 15.5 Å². The van der Waals surface area contributed by atoms with Gasteiger partial charge in [-0.2, -0.15) is 0 Å². The monoisotopic (exact) mass is 319 g/mol. The molecule has 0 spiro atoms. The van der Waals surface area contributed by atoms with E-state index in [1.807, 2.05) is 24.3 Å². The number of nitrogens with one attached hydrogen (secondary N) is 1. The molecule has 0 aliphatic rings. The Morgan fingerprint density at radius 3 is 2.09 bits per heavy atom. The van der Waals surface area contributed by atoms with Crippen LogP contribution in [0, 0.1) is 0 Å². The van der Waals surface area contributed by atoms with Gasteiger partial charge < -0.3 is 4.74 Å². The molecule has 118 valence electrons. The van der Waals surface area contributed by atoms with Gasteiger partial charge in [0.15, 0.2) is 0 Å². The molecule has 1 N–H and O–H groups in total. The second-order valence-corrected chi connectivity index (χ2v) is 7.16. The lowest BCUT2D eigenvalue weighted by Gasteiger charge is -2.09. The van der Waals surface area contributed by atoms with E-state index in [4.69, 9.17) is 4.74 Å². The zero-order valence-electron chi connectivity index (χ0n) is 13.0. The first-order valence-corrected chi connectivity index (χ1v) is 8.63. The van der Waals surface area contributed by atoms with Crippen molar-refractivity contribution in [1.82, 2.24) is 4.72 Å². The molecule has 0 aromatic heterocycles. The third-order valence-corrected chi connectivity index (χ3v) is 4.90. The lowest BCUT2D eigenvalue weighted by atomic mass is 10.0. The number of rotatable bonds is 6. The van der Waals surface area contributed by atoms with Gasteiger partial charge in [0.1, 0.15) is 5.75 Å². The Labute approximate surface area is 132 Å². The first-order chi connectivity index (χ1) is 10.4. The van der Waals surface area contributed by atoms with Crippen molar-refractivity contribution in [3.63, 3.8) is 0 Å². The molecule has 2 aromatic carbocycles. The van der Waals surface area contributed by atoms with Crippen LogP contribution in [0.1, 0.15) is 30.9 Å². The molecule has 2 aromatic rings. The Morgan fingerprint density at radius 2 is 1.59 bits per heavy atom. The Hall–Kier alpha value is -1.85. The highest BCUT2D eigenvalue weighted by Crippen LogP contribution is 2.18. The number of benzene rings is 2. The van der Waals surface area contributed by atoms with Crippen LogP contribution >= 0.6 is 0 Å². The molecule has 0 atom stereocenters. The molecule has 0 unspecified atom stereocenters. The Balaban J connectivity index is 2.06. The van der Waals surface area contributed by atoms with E-state index >= 15 is 0 Å². The van der Waals surface area contributed by atoms with Gasteiger partial charge in [0, 0.05) is 6.54 Å². The molecule has 2 rings (SSSR count). The van der Waals surface area contributed by atoms with Crippen LogP contribution in [0.15, 0.2) is 53.4 Å². The summed E-state index contributed by atoms with van der Waals surface area (Å²) in [6.45, 7) is 4.40. The number of hydrogen-bond acceptors (Lipinski definition) is 3. The van der Waals surface area contributed by atoms with Gasteiger partial charge in [0.05, 0.1) is 12.0 Å². The van der Waals surface area contributed by atoms with Crippen molar-refractivity contribution < 1.29 is 13.2 Å². The van der Waals surface area contributed by atoms with Gasteiger partial charge in [0.2, 0.25) is 10.0 Å². The lowest BCUT2D eigenvalue weighted by molar-refractivity contribution is 0.414. The van der Waals surface area contributed by atoms with Crippen molar-refractivity contribution >= 4 is 10.0 Å². The molecule has 0 saturated carbocycles. The van der Waals surface area contributed by atoms with E-state index in [1.54, 1.807) is 31.4 Å². The lowest BCUT2D eigenvalue weighted by Crippen LogP contribution is -2.23. The summed E-state index contributed by atoms with van der Waals surface area (Å²) in [5.41, 5.74) is 2.00. The molecule has 0 amide bonds. The minimum Gasteiger partial charge on any atom is -0.497 e. The Kier molecular flexibility index (Phi) is 5.21. The van der Waals surface area contributed by atoms with E-state index < -0.39 is 10.0 Å². The fourth-order valence-electron chi connectivity index (χ4n) is 2.04. The molecule has 22 heavy (non-hydrogen) atoms. The van der Waals surface area contributed by atoms with Crippen molar-refractivity contribution in [1.29, 1.82) is 0 Å². The first-order valence-electron chi connectivity index (χ1n) is 7.15. The Bertz CT molecular complexity index is 705. The van der Waals surface area contributed by atoms with E-state index in [9.17, 15) is 8.42 Å². The molecule has 0 radical (unpaired) electrons. The number of ether oxygens (including phenoxy) is 1. The maximum atomic E-state index is 12.3. The van der Waals surface area contributed by atoms with E-state index in [1.165, 1.54) is 0 Å². The minimum absolute atomic E-state index is 0.248. The van der Waals surface area contributed by atoms with Crippen LogP contribution in [0.5, 0.6) is 5.75 Å². The highest BCUT2D eigenvalue weighted by Gasteiger charge is 2.13. The summed E-state index contributed by atoms with van der Waals surface area (Å²) in [5, 5.41) is 0. The SMILES string of the molecule is COc1ccc(CNS(=O)(=O)c2ccc(C(C)C)cc2)cc1. The van der Waals surface area contributed by atoms with Crippen molar-refractivity contribution in [3.8, 4) is 5.75 Å². The van der Waals surface area contributed by atoms with Crippen molar-refractivity contribution in [2.45, 2.75) is 31.2 Å². The molecule has 5 heteroatoms. The second kappa shape index (κ2) is 6.94. The molecule has 4 nitrogen and oxygen atoms in total. The average molecular weight is 319 g/mol. The second-order valence-electron chi connectivity index (χ2n) is 5.40. The zero-order chi connectivity index (χ0) is 16.2. The van der Waals surface area contributed by atoms with Crippen LogP contribution in [0.3, 0.4) is 0 Å². The van der Waals surface area contributed by atoms with Gasteiger partial charge >= 0.3 is 0 Å². The minimum atomic E-state index is -3.50. The van der Waals surface area contributed by atoms with Crippen LogP contribution < -0.4 is 9.46 Å². The molecule has 0 bridgehead atoms. The average Bonchev–Trinajstić information content (AvgIpc) is 2.53. The summed E-state index contributed by atoms with van der Waals surface area (Å²) >= 11 is 0. The highest BCUT2D eigenvalue weighted by atomic mass is 32.2.